The lowest BCUT2D eigenvalue weighted by Gasteiger charge is -2.30. The number of allylic oxidation sites excluding steroid dienone is 1. The molecule has 8 atom stereocenters. The molecule has 95 heavy (non-hydrogen) atoms. The van der Waals surface area contributed by atoms with E-state index < -0.39 is 42.3 Å². The van der Waals surface area contributed by atoms with Gasteiger partial charge in [-0.05, 0) is 170 Å². The van der Waals surface area contributed by atoms with Crippen LogP contribution in [0.1, 0.15) is 39.5 Å². The van der Waals surface area contributed by atoms with Crippen molar-refractivity contribution in [1.82, 2.24) is 29.9 Å². The van der Waals surface area contributed by atoms with E-state index in [-0.39, 0.29) is 69.9 Å². The summed E-state index contributed by atoms with van der Waals surface area (Å²) in [6, 6.07) is 21.7. The Morgan fingerprint density at radius 3 is 1.42 bits per heavy atom. The first-order valence-electron chi connectivity index (χ1n) is 30.3. The number of primary amides is 2. The predicted octanol–water partition coefficient (Wildman–Crippen LogP) is 11.2. The number of carbonyl (C=O) groups excluding carboxylic acids is 2. The summed E-state index contributed by atoms with van der Waals surface area (Å²) in [6.07, 6.45) is 12.2. The van der Waals surface area contributed by atoms with Gasteiger partial charge in [0.1, 0.15) is 48.7 Å². The molecule has 3 aromatic heterocycles. The maximum Gasteiger partial charge on any atom is 0.229 e. The van der Waals surface area contributed by atoms with Crippen LogP contribution in [0.2, 0.25) is 10.0 Å². The number of anilines is 10. The molecule has 3 heterocycles. The largest absolute Gasteiger partial charge is 0.495 e. The van der Waals surface area contributed by atoms with E-state index >= 15 is 0 Å². The Balaban J connectivity index is 0.000000168. The Morgan fingerprint density at radius 1 is 0.558 bits per heavy atom. The Kier molecular flexibility index (Phi) is 22.0. The summed E-state index contributed by atoms with van der Waals surface area (Å²) in [7, 11) is -6.36. The Morgan fingerprint density at radius 2 is 0.979 bits per heavy atom. The lowest BCUT2D eigenvalue weighted by molar-refractivity contribution is -0.124. The molecule has 7 aromatic rings. The van der Waals surface area contributed by atoms with Gasteiger partial charge in [-0.25, -0.2) is 27.8 Å². The van der Waals surface area contributed by atoms with Crippen LogP contribution in [0.4, 0.5) is 62.4 Å². The van der Waals surface area contributed by atoms with E-state index in [1.165, 1.54) is 25.6 Å². The van der Waals surface area contributed by atoms with Gasteiger partial charge in [0.2, 0.25) is 29.7 Å². The van der Waals surface area contributed by atoms with Crippen LogP contribution in [-0.2, 0) is 33.1 Å². The maximum absolute atomic E-state index is 14.5. The summed E-state index contributed by atoms with van der Waals surface area (Å²) in [6.45, 7) is 13.3. The zero-order chi connectivity index (χ0) is 69.1. The van der Waals surface area contributed by atoms with Crippen LogP contribution in [0.25, 0.3) is 0 Å². The molecular formula is C64H78Cl2FN14O10P3S. The number of carbonyl (C=O) groups is 2. The van der Waals surface area contributed by atoms with Crippen LogP contribution in [0.15, 0.2) is 115 Å². The normalized spacial score (nSPS) is 20.2. The fourth-order valence-corrected chi connectivity index (χ4v) is 16.2. The van der Waals surface area contributed by atoms with Crippen molar-refractivity contribution in [2.24, 2.45) is 47.0 Å². The van der Waals surface area contributed by atoms with Crippen molar-refractivity contribution in [1.29, 1.82) is 0 Å². The van der Waals surface area contributed by atoms with Gasteiger partial charge in [0.25, 0.3) is 0 Å². The summed E-state index contributed by atoms with van der Waals surface area (Å²) in [5.74, 6) is 2.08. The molecule has 0 aliphatic heterocycles. The number of fused-ring (bicyclic) bond motifs is 4. The number of aromatic nitrogens is 6. The average molecular weight is 1420 g/mol. The maximum atomic E-state index is 14.5. The van der Waals surface area contributed by atoms with E-state index in [2.05, 4.69) is 74.0 Å². The third-order valence-electron chi connectivity index (χ3n) is 17.1. The van der Waals surface area contributed by atoms with Gasteiger partial charge in [-0.2, -0.15) is 15.0 Å². The monoisotopic (exact) mass is 1420 g/mol. The molecule has 4 aliphatic carbocycles. The number of sulfone groups is 1. The van der Waals surface area contributed by atoms with Gasteiger partial charge in [0.05, 0.1) is 84.7 Å². The standard InChI is InChI=1S/C22H26FN4O4PS.C21H27ClN5O3P.C21H25ClN5O3P/c1-14(2)33(29,30)20-9-7-6-8-18(20)25-21-16(23)13-24-22(27-21)26-17-11-10-15(32(4,5)28)12-19(17)31-3;2*1-30-16-9-13(31(2,3)29)6-7-15(16)25-21-24-10-14(22)20(27-21)26-18-12-5-4-11(8-12)17(18)19(23)28/h6-14H,1-5H3,(H2,24,25,26,27);6-7,9-12,17-18H,4-5,8H2,1-3H3,(H2,23,28)(H2,24,25,26,27);4-7,9-12,17-18H,8H2,1-3H3,(H2,23,28)(H2,24,25,26,27). The summed E-state index contributed by atoms with van der Waals surface area (Å²) >= 11 is 12.7. The van der Waals surface area contributed by atoms with Crippen LogP contribution in [0.5, 0.6) is 17.2 Å². The second-order valence-electron chi connectivity index (χ2n) is 24.9. The third-order valence-corrected chi connectivity index (χ3v) is 24.4. The molecule has 0 spiro atoms. The van der Waals surface area contributed by atoms with Crippen LogP contribution in [0, 0.1) is 41.3 Å². The molecule has 4 aliphatic rings. The van der Waals surface area contributed by atoms with E-state index in [4.69, 9.17) is 48.9 Å². The van der Waals surface area contributed by atoms with Crippen molar-refractivity contribution in [2.75, 3.05) is 93.2 Å². The highest BCUT2D eigenvalue weighted by atomic mass is 35.5. The van der Waals surface area contributed by atoms with Crippen molar-refractivity contribution < 1.29 is 50.3 Å². The van der Waals surface area contributed by atoms with Gasteiger partial charge in [0, 0.05) is 28.0 Å². The Hall–Kier alpha value is -7.85. The van der Waals surface area contributed by atoms with Crippen molar-refractivity contribution in [3.63, 3.8) is 0 Å². The predicted molar refractivity (Wildman–Crippen MR) is 376 cm³/mol. The molecule has 3 saturated carbocycles. The third kappa shape index (κ3) is 16.7. The number of hydrogen-bond acceptors (Lipinski definition) is 22. The lowest BCUT2D eigenvalue weighted by atomic mass is 9.84. The van der Waals surface area contributed by atoms with Crippen molar-refractivity contribution in [2.45, 2.75) is 61.8 Å². The Labute approximate surface area is 562 Å². The highest BCUT2D eigenvalue weighted by Crippen LogP contribution is 2.50. The number of benzene rings is 4. The molecule has 2 amide bonds. The molecule has 506 valence electrons. The highest BCUT2D eigenvalue weighted by Gasteiger charge is 2.51. The SMILES string of the molecule is COc1cc(P(C)(C)=O)ccc1Nc1ncc(Cl)c(NC2C3C=CC(C3)C2C(N)=O)n1.COc1cc(P(C)(C)=O)ccc1Nc1ncc(Cl)c(NC2C3CCC(C3)C2C(N)=O)n1.COc1cc(P(C)(C)=O)ccc1Nc1ncc(F)c(Nc2ccccc2S(=O)(=O)C(C)C)n1. The number of nitrogens with zero attached hydrogens (tertiary/aromatic N) is 6. The summed E-state index contributed by atoms with van der Waals surface area (Å²) in [4.78, 5) is 49.7. The van der Waals surface area contributed by atoms with E-state index in [0.29, 0.717) is 85.0 Å². The van der Waals surface area contributed by atoms with Crippen molar-refractivity contribution in [3.8, 4) is 17.2 Å². The zero-order valence-electron chi connectivity index (χ0n) is 54.2. The fraction of sp³-hybridized carbons (Fsp3) is 0.375. The molecule has 4 aromatic carbocycles. The number of methoxy groups -OCH3 is 3. The minimum atomic E-state index is -3.61. The zero-order valence-corrected chi connectivity index (χ0v) is 59.2. The van der Waals surface area contributed by atoms with E-state index in [1.54, 1.807) is 141 Å². The number of amides is 2. The number of nitrogens with one attached hydrogen (secondary N) is 6. The quantitative estimate of drug-likeness (QED) is 0.0231. The van der Waals surface area contributed by atoms with Crippen molar-refractivity contribution in [3.05, 3.63) is 125 Å². The molecule has 24 nitrogen and oxygen atoms in total. The Bertz CT molecular complexity index is 4350. The molecule has 31 heteroatoms. The number of rotatable bonds is 22. The molecule has 0 saturated heterocycles. The first-order valence-corrected chi connectivity index (χ1v) is 40.4. The highest BCUT2D eigenvalue weighted by molar-refractivity contribution is 7.92. The molecule has 4 bridgehead atoms. The van der Waals surface area contributed by atoms with Crippen LogP contribution >= 0.6 is 44.6 Å². The smallest absolute Gasteiger partial charge is 0.229 e. The number of para-hydroxylation sites is 1. The summed E-state index contributed by atoms with van der Waals surface area (Å²) in [5, 5.41) is 20.8. The molecular weight excluding hydrogens is 1340 g/mol. The van der Waals surface area contributed by atoms with E-state index in [0.717, 1.165) is 42.5 Å². The van der Waals surface area contributed by atoms with Crippen molar-refractivity contribution >= 4 is 140 Å². The molecule has 10 N–H and O–H groups in total. The number of nitrogens with two attached hydrogens (primary N) is 2. The van der Waals surface area contributed by atoms with Gasteiger partial charge < -0.3 is 71.3 Å². The molecule has 0 radical (unpaired) electrons. The minimum absolute atomic E-state index is 0.0494. The first kappa shape index (κ1) is 71.4. The van der Waals surface area contributed by atoms with Gasteiger partial charge in [-0.1, -0.05) is 47.5 Å². The summed E-state index contributed by atoms with van der Waals surface area (Å²) < 4.78 is 93.3. The second kappa shape index (κ2) is 29.2. The van der Waals surface area contributed by atoms with Gasteiger partial charge in [-0.3, -0.25) is 9.59 Å². The van der Waals surface area contributed by atoms with Gasteiger partial charge in [-0.15, -0.1) is 0 Å². The second-order valence-corrected chi connectivity index (χ2v) is 37.9. The van der Waals surface area contributed by atoms with Crippen LogP contribution in [-0.4, -0.2) is 129 Å². The summed E-state index contributed by atoms with van der Waals surface area (Å²) in [5.41, 5.74) is 13.3. The number of hydrogen-bond donors (Lipinski definition) is 8. The average Bonchev–Trinajstić information content (AvgIpc) is 1.68. The topological polar surface area (TPSA) is 349 Å². The lowest BCUT2D eigenvalue weighted by Crippen LogP contribution is -2.42. The number of halogens is 3. The van der Waals surface area contributed by atoms with E-state index in [9.17, 15) is 36.1 Å². The first-order chi connectivity index (χ1) is 44.8. The molecule has 3 fully saturated rings. The fourth-order valence-electron chi connectivity index (χ4n) is 12.1. The van der Waals surface area contributed by atoms with Crippen LogP contribution < -0.4 is 73.5 Å². The van der Waals surface area contributed by atoms with Gasteiger partial charge in [0.15, 0.2) is 33.1 Å². The van der Waals surface area contributed by atoms with E-state index in [1.807, 2.05) is 0 Å². The molecule has 11 rings (SSSR count). The minimum Gasteiger partial charge on any atom is -0.495 e. The van der Waals surface area contributed by atoms with Gasteiger partial charge >= 0.3 is 0 Å². The van der Waals surface area contributed by atoms with Crippen LogP contribution in [0.3, 0.4) is 0 Å². The molecule has 8 unspecified atom stereocenters. The number of ether oxygens (including phenoxy) is 3.